The summed E-state index contributed by atoms with van der Waals surface area (Å²) in [5.41, 5.74) is 2.97. The highest BCUT2D eigenvalue weighted by atomic mass is 35.5. The van der Waals surface area contributed by atoms with Gasteiger partial charge in [-0.3, -0.25) is 9.52 Å². The number of carbonyl (C=O) groups is 3. The number of ether oxygens (including phenoxy) is 2. The van der Waals surface area contributed by atoms with Crippen molar-refractivity contribution >= 4 is 74.6 Å². The number of amides is 1. The number of nitrogens with zero attached hydrogens (tertiary/aromatic N) is 1. The van der Waals surface area contributed by atoms with Crippen LogP contribution in [0.5, 0.6) is 11.5 Å². The highest BCUT2D eigenvalue weighted by Crippen LogP contribution is 2.27. The predicted octanol–water partition coefficient (Wildman–Crippen LogP) is 7.65. The topological polar surface area (TPSA) is 140 Å². The Bertz CT molecular complexity index is 2120. The predicted molar refractivity (Wildman–Crippen MR) is 183 cm³/mol. The van der Waals surface area contributed by atoms with E-state index in [1.807, 2.05) is 0 Å². The highest BCUT2D eigenvalue weighted by molar-refractivity contribution is 7.92. The van der Waals surface area contributed by atoms with Gasteiger partial charge in [-0.25, -0.2) is 23.4 Å². The second kappa shape index (κ2) is 15.1. The van der Waals surface area contributed by atoms with Crippen molar-refractivity contribution in [2.75, 3.05) is 4.72 Å². The molecule has 0 saturated heterocycles. The van der Waals surface area contributed by atoms with Crippen molar-refractivity contribution in [3.8, 4) is 11.5 Å². The monoisotopic (exact) mass is 721 g/mol. The molecule has 48 heavy (non-hydrogen) atoms. The smallest absolute Gasteiger partial charge is 0.343 e. The fourth-order valence-electron chi connectivity index (χ4n) is 4.08. The lowest BCUT2D eigenvalue weighted by molar-refractivity contribution is 0.0731. The van der Waals surface area contributed by atoms with Crippen LogP contribution in [-0.2, 0) is 10.0 Å². The lowest BCUT2D eigenvalue weighted by Crippen LogP contribution is -2.21. The molecule has 14 heteroatoms. The molecule has 0 aromatic heterocycles. The molecule has 5 aromatic rings. The summed E-state index contributed by atoms with van der Waals surface area (Å²) in [7, 11) is -4.05. The van der Waals surface area contributed by atoms with Crippen molar-refractivity contribution in [2.45, 2.75) is 4.90 Å². The van der Waals surface area contributed by atoms with Crippen LogP contribution in [0.4, 0.5) is 5.69 Å². The molecule has 0 bridgehead atoms. The van der Waals surface area contributed by atoms with Crippen LogP contribution in [0.15, 0.2) is 125 Å². The van der Waals surface area contributed by atoms with E-state index in [9.17, 15) is 22.8 Å². The summed E-state index contributed by atoms with van der Waals surface area (Å²) in [6.07, 6.45) is 1.20. The fraction of sp³-hybridized carbons (Fsp3) is 0. The number of sulfonamides is 1. The summed E-state index contributed by atoms with van der Waals surface area (Å²) < 4.78 is 39.3. The molecule has 10 nitrogen and oxygen atoms in total. The zero-order valence-corrected chi connectivity index (χ0v) is 27.5. The van der Waals surface area contributed by atoms with Gasteiger partial charge in [0.25, 0.3) is 15.9 Å². The number of esters is 2. The molecule has 0 unspecified atom stereocenters. The molecule has 5 rings (SSSR count). The van der Waals surface area contributed by atoms with Crippen LogP contribution >= 0.6 is 34.8 Å². The Morgan fingerprint density at radius 3 is 1.81 bits per heavy atom. The number of para-hydroxylation sites is 1. The summed E-state index contributed by atoms with van der Waals surface area (Å²) in [5.74, 6) is -2.16. The number of hydrogen-bond donors (Lipinski definition) is 2. The third kappa shape index (κ3) is 8.78. The van der Waals surface area contributed by atoms with Gasteiger partial charge in [-0.15, -0.1) is 0 Å². The Labute approximate surface area is 289 Å². The minimum Gasteiger partial charge on any atom is -0.423 e. The van der Waals surface area contributed by atoms with E-state index < -0.39 is 27.9 Å². The molecule has 0 radical (unpaired) electrons. The van der Waals surface area contributed by atoms with E-state index in [2.05, 4.69) is 15.2 Å². The van der Waals surface area contributed by atoms with Crippen molar-refractivity contribution < 1.29 is 32.3 Å². The molecule has 0 aliphatic carbocycles. The van der Waals surface area contributed by atoms with Gasteiger partial charge in [-0.05, 0) is 97.1 Å². The normalized spacial score (nSPS) is 11.1. The molecule has 2 N–H and O–H groups in total. The lowest BCUT2D eigenvalue weighted by atomic mass is 10.2. The van der Waals surface area contributed by atoms with E-state index in [1.54, 1.807) is 24.3 Å². The third-order valence-electron chi connectivity index (χ3n) is 6.47. The average molecular weight is 723 g/mol. The van der Waals surface area contributed by atoms with Crippen molar-refractivity contribution in [2.24, 2.45) is 5.10 Å². The SMILES string of the molecule is O=C(Oc1ccc(C=NNC(=O)c2ccccc2NS(=O)(=O)c2ccc(Cl)cc2)c(OC(=O)c2ccc(Cl)cc2)c1)c1ccc(Cl)cc1. The van der Waals surface area contributed by atoms with E-state index in [-0.39, 0.29) is 44.3 Å². The van der Waals surface area contributed by atoms with Gasteiger partial charge in [0.05, 0.1) is 33.5 Å². The third-order valence-corrected chi connectivity index (χ3v) is 8.61. The van der Waals surface area contributed by atoms with Crippen LogP contribution in [0.25, 0.3) is 0 Å². The molecule has 1 amide bonds. The number of carbonyl (C=O) groups excluding carboxylic acids is 3. The maximum Gasteiger partial charge on any atom is 0.343 e. The molecule has 0 saturated carbocycles. The summed E-state index contributed by atoms with van der Waals surface area (Å²) in [4.78, 5) is 38.7. The number of nitrogens with one attached hydrogen (secondary N) is 2. The van der Waals surface area contributed by atoms with Gasteiger partial charge < -0.3 is 9.47 Å². The largest absolute Gasteiger partial charge is 0.423 e. The second-order valence-electron chi connectivity index (χ2n) is 9.80. The standard InChI is InChI=1S/C34H22Cl3N3O7S/c35-24-10-5-21(6-11-24)33(42)46-27-16-9-23(31(19-27)47-34(43)22-7-12-25(36)13-8-22)20-38-39-32(41)29-3-1-2-4-30(29)40-48(44,45)28-17-14-26(37)15-18-28/h1-20,40H,(H,39,41). The Kier molecular flexibility index (Phi) is 10.8. The zero-order valence-electron chi connectivity index (χ0n) is 24.4. The molecule has 0 atom stereocenters. The first-order chi connectivity index (χ1) is 23.0. The summed E-state index contributed by atoms with van der Waals surface area (Å²) in [6, 6.07) is 27.7. The van der Waals surface area contributed by atoms with Crippen molar-refractivity contribution in [3.05, 3.63) is 153 Å². The van der Waals surface area contributed by atoms with E-state index in [0.717, 1.165) is 0 Å². The molecule has 0 spiro atoms. The van der Waals surface area contributed by atoms with Gasteiger partial charge in [0, 0.05) is 26.7 Å². The molecule has 0 fully saturated rings. The van der Waals surface area contributed by atoms with Gasteiger partial charge in [0.15, 0.2) is 0 Å². The van der Waals surface area contributed by atoms with Gasteiger partial charge >= 0.3 is 11.9 Å². The first-order valence-corrected chi connectivity index (χ1v) is 16.4. The van der Waals surface area contributed by atoms with Crippen molar-refractivity contribution in [3.63, 3.8) is 0 Å². The summed E-state index contributed by atoms with van der Waals surface area (Å²) in [6.45, 7) is 0. The quantitative estimate of drug-likeness (QED) is 0.0653. The van der Waals surface area contributed by atoms with Crippen LogP contribution in [-0.4, -0.2) is 32.5 Å². The summed E-state index contributed by atoms with van der Waals surface area (Å²) in [5, 5.41) is 5.21. The first kappa shape index (κ1) is 34.1. The number of halogens is 3. The minimum atomic E-state index is -4.05. The van der Waals surface area contributed by atoms with Crippen LogP contribution < -0.4 is 19.6 Å². The Morgan fingerprint density at radius 2 is 1.21 bits per heavy atom. The molecular formula is C34H22Cl3N3O7S. The van der Waals surface area contributed by atoms with Crippen molar-refractivity contribution in [1.29, 1.82) is 0 Å². The van der Waals surface area contributed by atoms with E-state index in [1.165, 1.54) is 97.2 Å². The highest BCUT2D eigenvalue weighted by Gasteiger charge is 2.19. The van der Waals surface area contributed by atoms with Gasteiger partial charge in [0.1, 0.15) is 11.5 Å². The van der Waals surface area contributed by atoms with E-state index in [4.69, 9.17) is 44.3 Å². The zero-order chi connectivity index (χ0) is 34.3. The van der Waals surface area contributed by atoms with Gasteiger partial charge in [-0.2, -0.15) is 5.10 Å². The Balaban J connectivity index is 1.36. The molecule has 0 aliphatic heterocycles. The van der Waals surface area contributed by atoms with Gasteiger partial charge in [0.2, 0.25) is 0 Å². The molecular weight excluding hydrogens is 701 g/mol. The summed E-state index contributed by atoms with van der Waals surface area (Å²) >= 11 is 17.7. The minimum absolute atomic E-state index is 0.00425. The number of hydrazone groups is 1. The van der Waals surface area contributed by atoms with Crippen LogP contribution in [0.1, 0.15) is 36.6 Å². The van der Waals surface area contributed by atoms with E-state index >= 15 is 0 Å². The van der Waals surface area contributed by atoms with Crippen LogP contribution in [0.2, 0.25) is 15.1 Å². The Hall–Kier alpha value is -5.20. The molecule has 242 valence electrons. The number of rotatable bonds is 10. The number of benzene rings is 5. The number of hydrogen-bond acceptors (Lipinski definition) is 8. The van der Waals surface area contributed by atoms with Crippen molar-refractivity contribution in [1.82, 2.24) is 5.43 Å². The van der Waals surface area contributed by atoms with E-state index in [0.29, 0.717) is 15.1 Å². The first-order valence-electron chi connectivity index (χ1n) is 13.8. The lowest BCUT2D eigenvalue weighted by Gasteiger charge is -2.12. The maximum absolute atomic E-state index is 13.1. The fourth-order valence-corrected chi connectivity index (χ4v) is 5.54. The molecule has 0 aliphatic rings. The molecule has 5 aromatic carbocycles. The Morgan fingerprint density at radius 1 is 0.667 bits per heavy atom. The second-order valence-corrected chi connectivity index (χ2v) is 12.8. The average Bonchev–Trinajstić information content (AvgIpc) is 3.06. The van der Waals surface area contributed by atoms with Crippen LogP contribution in [0.3, 0.4) is 0 Å². The maximum atomic E-state index is 13.1. The molecule has 0 heterocycles. The number of anilines is 1. The van der Waals surface area contributed by atoms with Crippen LogP contribution in [0, 0.1) is 0 Å². The van der Waals surface area contributed by atoms with Gasteiger partial charge in [-0.1, -0.05) is 46.9 Å².